The van der Waals surface area contributed by atoms with E-state index in [4.69, 9.17) is 4.74 Å². The molecule has 1 aromatic carbocycles. The number of ether oxygens (including phenoxy) is 3. The van der Waals surface area contributed by atoms with E-state index in [0.717, 1.165) is 14.2 Å². The molecule has 0 radical (unpaired) electrons. The number of hydrazone groups is 1. The summed E-state index contributed by atoms with van der Waals surface area (Å²) in [4.78, 5) is 70.4. The Morgan fingerprint density at radius 3 is 1.59 bits per heavy atom. The summed E-state index contributed by atoms with van der Waals surface area (Å²) in [5, 5.41) is 4.37. The molecule has 12 heteroatoms. The lowest BCUT2D eigenvalue weighted by Gasteiger charge is -2.16. The summed E-state index contributed by atoms with van der Waals surface area (Å²) in [5.41, 5.74) is -1.08. The maximum absolute atomic E-state index is 13.4. The van der Waals surface area contributed by atoms with Crippen molar-refractivity contribution in [1.29, 1.82) is 0 Å². The predicted molar refractivity (Wildman–Crippen MR) is 127 cm³/mol. The number of carbonyl (C=O) groups is 5. The lowest BCUT2D eigenvalue weighted by molar-refractivity contribution is -0.102. The zero-order chi connectivity index (χ0) is 26.9. The summed E-state index contributed by atoms with van der Waals surface area (Å²) in [7, 11) is 3.75. The SMILES string of the molecule is COC(=O)c1cccc(C(=O)N(N=C(C=O)c2ccc(OC)cc2)C(=O)c2cccc(C(=O)OC)n2)n1. The highest BCUT2D eigenvalue weighted by molar-refractivity contribution is 6.36. The van der Waals surface area contributed by atoms with E-state index in [1.165, 1.54) is 55.6 Å². The molecule has 0 spiro atoms. The van der Waals surface area contributed by atoms with Crippen LogP contribution in [0.2, 0.25) is 0 Å². The number of aromatic nitrogens is 2. The van der Waals surface area contributed by atoms with Crippen LogP contribution in [0.25, 0.3) is 0 Å². The summed E-state index contributed by atoms with van der Waals surface area (Å²) in [6.45, 7) is 0. The summed E-state index contributed by atoms with van der Waals surface area (Å²) >= 11 is 0. The third kappa shape index (κ3) is 6.06. The normalized spacial score (nSPS) is 10.7. The Bertz CT molecular complexity index is 1310. The molecule has 0 aliphatic heterocycles. The van der Waals surface area contributed by atoms with Crippen LogP contribution in [0.3, 0.4) is 0 Å². The molecular weight excluding hydrogens is 484 g/mol. The van der Waals surface area contributed by atoms with Gasteiger partial charge in [-0.15, -0.1) is 0 Å². The first-order valence-electron chi connectivity index (χ1n) is 10.5. The van der Waals surface area contributed by atoms with E-state index in [0.29, 0.717) is 17.0 Å². The van der Waals surface area contributed by atoms with Crippen LogP contribution in [-0.4, -0.2) is 72.1 Å². The van der Waals surface area contributed by atoms with Crippen LogP contribution in [0.4, 0.5) is 0 Å². The molecular formula is C25H20N4O8. The molecule has 3 rings (SSSR count). The van der Waals surface area contributed by atoms with Gasteiger partial charge in [0, 0.05) is 5.56 Å². The van der Waals surface area contributed by atoms with Crippen molar-refractivity contribution in [2.45, 2.75) is 0 Å². The van der Waals surface area contributed by atoms with Gasteiger partial charge in [0.25, 0.3) is 11.8 Å². The first kappa shape index (κ1) is 26.3. The topological polar surface area (TPSA) is 154 Å². The molecule has 0 aliphatic carbocycles. The standard InChI is InChI=1S/C25H20N4O8/c1-35-16-12-10-15(11-13-16)21(14-30)28-29(22(31)17-6-4-8-19(26-17)24(33)36-2)23(32)18-7-5-9-20(27-18)25(34)37-3/h4-14H,1-3H3. The average molecular weight is 504 g/mol. The van der Waals surface area contributed by atoms with Gasteiger partial charge in [0.1, 0.15) is 34.2 Å². The number of amides is 2. The smallest absolute Gasteiger partial charge is 0.356 e. The monoisotopic (exact) mass is 504 g/mol. The van der Waals surface area contributed by atoms with Crippen molar-refractivity contribution in [1.82, 2.24) is 15.0 Å². The van der Waals surface area contributed by atoms with Gasteiger partial charge in [-0.1, -0.05) is 12.1 Å². The Labute approximate surface area is 210 Å². The van der Waals surface area contributed by atoms with E-state index >= 15 is 0 Å². The Morgan fingerprint density at radius 2 is 1.19 bits per heavy atom. The maximum atomic E-state index is 13.4. The molecule has 12 nitrogen and oxygen atoms in total. The minimum Gasteiger partial charge on any atom is -0.497 e. The molecule has 0 unspecified atom stereocenters. The van der Waals surface area contributed by atoms with Crippen molar-refractivity contribution in [2.75, 3.05) is 21.3 Å². The summed E-state index contributed by atoms with van der Waals surface area (Å²) in [6.07, 6.45) is 0.353. The van der Waals surface area contributed by atoms with E-state index < -0.39 is 23.8 Å². The predicted octanol–water partition coefficient (Wildman–Crippen LogP) is 1.94. The molecule has 3 aromatic rings. The summed E-state index contributed by atoms with van der Waals surface area (Å²) in [5.74, 6) is -3.26. The van der Waals surface area contributed by atoms with Gasteiger partial charge in [0.15, 0.2) is 6.29 Å². The third-order valence-electron chi connectivity index (χ3n) is 4.82. The van der Waals surface area contributed by atoms with Crippen molar-refractivity contribution in [3.63, 3.8) is 0 Å². The minimum absolute atomic E-state index is 0.193. The second kappa shape index (κ2) is 11.9. The number of hydrogen-bond acceptors (Lipinski definition) is 11. The van der Waals surface area contributed by atoms with Crippen molar-refractivity contribution in [3.05, 3.63) is 89.0 Å². The highest BCUT2D eigenvalue weighted by Crippen LogP contribution is 2.15. The van der Waals surface area contributed by atoms with Gasteiger partial charge in [-0.2, -0.15) is 10.1 Å². The molecule has 0 saturated carbocycles. The van der Waals surface area contributed by atoms with Crippen LogP contribution in [-0.2, 0) is 14.3 Å². The molecule has 2 heterocycles. The Morgan fingerprint density at radius 1 is 0.730 bits per heavy atom. The van der Waals surface area contributed by atoms with Gasteiger partial charge in [-0.25, -0.2) is 19.6 Å². The van der Waals surface area contributed by atoms with E-state index in [2.05, 4.69) is 24.5 Å². The molecule has 2 aromatic heterocycles. The van der Waals surface area contributed by atoms with Gasteiger partial charge in [-0.3, -0.25) is 14.4 Å². The number of imide groups is 1. The van der Waals surface area contributed by atoms with Crippen molar-refractivity contribution in [2.24, 2.45) is 5.10 Å². The summed E-state index contributed by atoms with van der Waals surface area (Å²) in [6, 6.07) is 14.0. The number of esters is 2. The largest absolute Gasteiger partial charge is 0.497 e. The fourth-order valence-corrected chi connectivity index (χ4v) is 2.96. The Balaban J connectivity index is 2.13. The number of aldehydes is 1. The van der Waals surface area contributed by atoms with Crippen LogP contribution in [0.1, 0.15) is 47.5 Å². The molecule has 188 valence electrons. The third-order valence-corrected chi connectivity index (χ3v) is 4.82. The number of carbonyl (C=O) groups excluding carboxylic acids is 5. The van der Waals surface area contributed by atoms with Crippen LogP contribution in [0.15, 0.2) is 65.8 Å². The number of methoxy groups -OCH3 is 3. The molecule has 37 heavy (non-hydrogen) atoms. The van der Waals surface area contributed by atoms with Gasteiger partial charge >= 0.3 is 11.9 Å². The van der Waals surface area contributed by atoms with Gasteiger partial charge in [0.05, 0.1) is 21.3 Å². The van der Waals surface area contributed by atoms with Crippen LogP contribution in [0.5, 0.6) is 5.75 Å². The maximum Gasteiger partial charge on any atom is 0.356 e. The van der Waals surface area contributed by atoms with E-state index in [-0.39, 0.29) is 34.1 Å². The summed E-state index contributed by atoms with van der Waals surface area (Å²) < 4.78 is 14.3. The van der Waals surface area contributed by atoms with Crippen molar-refractivity contribution in [3.8, 4) is 5.75 Å². The lowest BCUT2D eigenvalue weighted by Crippen LogP contribution is -2.35. The molecule has 2 amide bonds. The lowest BCUT2D eigenvalue weighted by atomic mass is 10.1. The molecule has 0 atom stereocenters. The first-order chi connectivity index (χ1) is 17.8. The Kier molecular flexibility index (Phi) is 8.49. The van der Waals surface area contributed by atoms with Crippen LogP contribution >= 0.6 is 0 Å². The molecule has 0 bridgehead atoms. The number of rotatable bonds is 8. The average Bonchev–Trinajstić information content (AvgIpc) is 2.96. The van der Waals surface area contributed by atoms with Gasteiger partial charge in [0.2, 0.25) is 0 Å². The second-order valence-electron chi connectivity index (χ2n) is 7.05. The molecule has 0 N–H and O–H groups in total. The fraction of sp³-hybridized carbons (Fsp3) is 0.120. The van der Waals surface area contributed by atoms with Crippen LogP contribution in [0, 0.1) is 0 Å². The van der Waals surface area contributed by atoms with E-state index in [9.17, 15) is 24.0 Å². The van der Waals surface area contributed by atoms with Gasteiger partial charge in [-0.05, 0) is 48.5 Å². The first-order valence-corrected chi connectivity index (χ1v) is 10.5. The van der Waals surface area contributed by atoms with E-state index in [1.807, 2.05) is 0 Å². The second-order valence-corrected chi connectivity index (χ2v) is 7.05. The van der Waals surface area contributed by atoms with E-state index in [1.54, 1.807) is 12.1 Å². The van der Waals surface area contributed by atoms with Crippen molar-refractivity contribution < 1.29 is 38.2 Å². The molecule has 0 aliphatic rings. The molecule has 0 fully saturated rings. The number of hydrogen-bond donors (Lipinski definition) is 0. The number of pyridine rings is 2. The molecule has 0 saturated heterocycles. The number of nitrogens with zero attached hydrogens (tertiary/aromatic N) is 4. The van der Waals surface area contributed by atoms with Crippen molar-refractivity contribution >= 4 is 35.8 Å². The highest BCUT2D eigenvalue weighted by Gasteiger charge is 2.28. The highest BCUT2D eigenvalue weighted by atomic mass is 16.5. The van der Waals surface area contributed by atoms with Gasteiger partial charge < -0.3 is 14.2 Å². The van der Waals surface area contributed by atoms with Crippen LogP contribution < -0.4 is 4.74 Å². The quantitative estimate of drug-likeness (QED) is 0.146. The fourth-order valence-electron chi connectivity index (χ4n) is 2.96. The number of benzene rings is 1. The zero-order valence-corrected chi connectivity index (χ0v) is 19.9. The zero-order valence-electron chi connectivity index (χ0n) is 19.9. The minimum atomic E-state index is -1.08. The Hall–Kier alpha value is -5.26.